The SMILES string of the molecule is Cc1cccc(Cc2ccccc2)c1N(C)C(=O)C(C)(C)C. The number of nitrogens with zero attached hydrogens (tertiary/aromatic N) is 1. The van der Waals surface area contributed by atoms with E-state index in [2.05, 4.69) is 49.4 Å². The predicted octanol–water partition coefficient (Wildman–Crippen LogP) is 4.59. The summed E-state index contributed by atoms with van der Waals surface area (Å²) in [6, 6.07) is 16.6. The zero-order valence-corrected chi connectivity index (χ0v) is 14.2. The van der Waals surface area contributed by atoms with Gasteiger partial charge in [-0.15, -0.1) is 0 Å². The van der Waals surface area contributed by atoms with Gasteiger partial charge in [-0.25, -0.2) is 0 Å². The second kappa shape index (κ2) is 6.35. The molecule has 0 saturated heterocycles. The van der Waals surface area contributed by atoms with Crippen LogP contribution < -0.4 is 4.90 Å². The van der Waals surface area contributed by atoms with Crippen molar-refractivity contribution >= 4 is 11.6 Å². The third-order valence-corrected chi connectivity index (χ3v) is 3.84. The Kier molecular flexibility index (Phi) is 4.70. The van der Waals surface area contributed by atoms with Gasteiger partial charge in [0.1, 0.15) is 0 Å². The van der Waals surface area contributed by atoms with Crippen molar-refractivity contribution in [3.05, 3.63) is 65.2 Å². The second-order valence-corrected chi connectivity index (χ2v) is 6.86. The summed E-state index contributed by atoms with van der Waals surface area (Å²) in [5.74, 6) is 0.135. The summed E-state index contributed by atoms with van der Waals surface area (Å²) in [5, 5.41) is 0. The minimum Gasteiger partial charge on any atom is -0.314 e. The number of hydrogen-bond donors (Lipinski definition) is 0. The lowest BCUT2D eigenvalue weighted by Gasteiger charge is -2.29. The standard InChI is InChI=1S/C20H25NO/c1-15-10-9-13-17(14-16-11-7-6-8-12-16)18(15)21(5)19(22)20(2,3)4/h6-13H,14H2,1-5H3. The number of carbonyl (C=O) groups is 1. The first-order valence-electron chi connectivity index (χ1n) is 7.71. The number of anilines is 1. The van der Waals surface area contributed by atoms with Gasteiger partial charge < -0.3 is 4.90 Å². The van der Waals surface area contributed by atoms with Crippen LogP contribution in [0.15, 0.2) is 48.5 Å². The van der Waals surface area contributed by atoms with Crippen LogP contribution in [-0.4, -0.2) is 13.0 Å². The molecular formula is C20H25NO. The molecular weight excluding hydrogens is 270 g/mol. The minimum absolute atomic E-state index is 0.135. The maximum Gasteiger partial charge on any atom is 0.232 e. The van der Waals surface area contributed by atoms with Crippen molar-refractivity contribution in [3.63, 3.8) is 0 Å². The molecule has 0 bridgehead atoms. The van der Waals surface area contributed by atoms with E-state index in [0.29, 0.717) is 0 Å². The van der Waals surface area contributed by atoms with Gasteiger partial charge in [-0.2, -0.15) is 0 Å². The summed E-state index contributed by atoms with van der Waals surface area (Å²) in [5.41, 5.74) is 4.22. The van der Waals surface area contributed by atoms with Gasteiger partial charge in [0.2, 0.25) is 5.91 Å². The van der Waals surface area contributed by atoms with E-state index in [1.807, 2.05) is 38.8 Å². The average Bonchev–Trinajstić information content (AvgIpc) is 2.46. The molecule has 0 heterocycles. The van der Waals surface area contributed by atoms with Gasteiger partial charge >= 0.3 is 0 Å². The van der Waals surface area contributed by atoms with Crippen molar-refractivity contribution in [1.29, 1.82) is 0 Å². The van der Waals surface area contributed by atoms with Gasteiger partial charge in [-0.05, 0) is 30.0 Å². The average molecular weight is 295 g/mol. The molecule has 0 aromatic heterocycles. The molecule has 0 fully saturated rings. The van der Waals surface area contributed by atoms with E-state index in [4.69, 9.17) is 0 Å². The number of para-hydroxylation sites is 1. The lowest BCUT2D eigenvalue weighted by molar-refractivity contribution is -0.125. The van der Waals surface area contributed by atoms with E-state index in [9.17, 15) is 4.79 Å². The highest BCUT2D eigenvalue weighted by Gasteiger charge is 2.27. The Morgan fingerprint density at radius 2 is 1.64 bits per heavy atom. The lowest BCUT2D eigenvalue weighted by Crippen LogP contribution is -2.37. The molecule has 2 nitrogen and oxygen atoms in total. The summed E-state index contributed by atoms with van der Waals surface area (Å²) < 4.78 is 0. The van der Waals surface area contributed by atoms with Crippen LogP contribution in [0.3, 0.4) is 0 Å². The molecule has 2 rings (SSSR count). The third kappa shape index (κ3) is 3.56. The summed E-state index contributed by atoms with van der Waals surface area (Å²) >= 11 is 0. The quantitative estimate of drug-likeness (QED) is 0.810. The molecule has 0 unspecified atom stereocenters. The fourth-order valence-corrected chi connectivity index (χ4v) is 2.76. The molecule has 0 atom stereocenters. The smallest absolute Gasteiger partial charge is 0.232 e. The Hall–Kier alpha value is -2.09. The molecule has 0 saturated carbocycles. The van der Waals surface area contributed by atoms with Gasteiger partial charge in [-0.1, -0.05) is 69.3 Å². The van der Waals surface area contributed by atoms with Gasteiger partial charge in [0.15, 0.2) is 0 Å². The number of amides is 1. The predicted molar refractivity (Wildman–Crippen MR) is 93.3 cm³/mol. The molecule has 0 aliphatic rings. The molecule has 2 aromatic carbocycles. The Morgan fingerprint density at radius 3 is 2.23 bits per heavy atom. The van der Waals surface area contributed by atoms with Crippen LogP contribution in [0.25, 0.3) is 0 Å². The molecule has 22 heavy (non-hydrogen) atoms. The first-order valence-corrected chi connectivity index (χ1v) is 7.71. The lowest BCUT2D eigenvalue weighted by atomic mass is 9.93. The van der Waals surface area contributed by atoms with Crippen LogP contribution in [0.5, 0.6) is 0 Å². The third-order valence-electron chi connectivity index (χ3n) is 3.84. The second-order valence-electron chi connectivity index (χ2n) is 6.86. The first-order chi connectivity index (χ1) is 10.3. The normalized spacial score (nSPS) is 11.3. The van der Waals surface area contributed by atoms with Gasteiger partial charge in [0.05, 0.1) is 0 Å². The summed E-state index contributed by atoms with van der Waals surface area (Å²) in [6.45, 7) is 7.94. The van der Waals surface area contributed by atoms with Crippen molar-refractivity contribution in [2.45, 2.75) is 34.1 Å². The molecule has 0 aliphatic heterocycles. The molecule has 0 radical (unpaired) electrons. The highest BCUT2D eigenvalue weighted by Crippen LogP contribution is 2.29. The number of carbonyl (C=O) groups excluding carboxylic acids is 1. The van der Waals surface area contributed by atoms with Gasteiger partial charge in [0.25, 0.3) is 0 Å². The number of rotatable bonds is 3. The Labute approximate surface area is 133 Å². The fourth-order valence-electron chi connectivity index (χ4n) is 2.76. The van der Waals surface area contributed by atoms with Gasteiger partial charge in [0, 0.05) is 18.2 Å². The summed E-state index contributed by atoms with van der Waals surface area (Å²) in [7, 11) is 1.88. The van der Waals surface area contributed by atoms with Crippen LogP contribution in [0.4, 0.5) is 5.69 Å². The summed E-state index contributed by atoms with van der Waals surface area (Å²) in [6.07, 6.45) is 0.833. The first kappa shape index (κ1) is 16.3. The topological polar surface area (TPSA) is 20.3 Å². The molecule has 2 aromatic rings. The minimum atomic E-state index is -0.388. The van der Waals surface area contributed by atoms with Crippen LogP contribution in [-0.2, 0) is 11.2 Å². The monoisotopic (exact) mass is 295 g/mol. The van der Waals surface area contributed by atoms with Crippen LogP contribution in [0.2, 0.25) is 0 Å². The molecule has 0 N–H and O–H groups in total. The summed E-state index contributed by atoms with van der Waals surface area (Å²) in [4.78, 5) is 14.5. The van der Waals surface area contributed by atoms with E-state index >= 15 is 0 Å². The molecule has 2 heteroatoms. The van der Waals surface area contributed by atoms with Crippen molar-refractivity contribution in [2.75, 3.05) is 11.9 Å². The molecule has 1 amide bonds. The highest BCUT2D eigenvalue weighted by molar-refractivity contribution is 5.97. The molecule has 0 spiro atoms. The zero-order chi connectivity index (χ0) is 16.3. The fraction of sp³-hybridized carbons (Fsp3) is 0.350. The largest absolute Gasteiger partial charge is 0.314 e. The zero-order valence-electron chi connectivity index (χ0n) is 14.2. The van der Waals surface area contributed by atoms with Crippen molar-refractivity contribution < 1.29 is 4.79 Å². The van der Waals surface area contributed by atoms with Crippen molar-refractivity contribution in [1.82, 2.24) is 0 Å². The van der Waals surface area contributed by atoms with Crippen LogP contribution >= 0.6 is 0 Å². The van der Waals surface area contributed by atoms with Crippen molar-refractivity contribution in [2.24, 2.45) is 5.41 Å². The Balaban J connectivity index is 2.41. The Bertz CT molecular complexity index is 653. The van der Waals surface area contributed by atoms with E-state index in [1.54, 1.807) is 0 Å². The highest BCUT2D eigenvalue weighted by atomic mass is 16.2. The maximum atomic E-state index is 12.6. The van der Waals surface area contributed by atoms with E-state index in [-0.39, 0.29) is 11.3 Å². The van der Waals surface area contributed by atoms with Crippen molar-refractivity contribution in [3.8, 4) is 0 Å². The van der Waals surface area contributed by atoms with E-state index in [0.717, 1.165) is 17.7 Å². The number of benzene rings is 2. The number of aryl methyl sites for hydroxylation is 1. The van der Waals surface area contributed by atoms with E-state index < -0.39 is 0 Å². The Morgan fingerprint density at radius 1 is 1.00 bits per heavy atom. The van der Waals surface area contributed by atoms with Crippen LogP contribution in [0.1, 0.15) is 37.5 Å². The molecule has 116 valence electrons. The maximum absolute atomic E-state index is 12.6. The van der Waals surface area contributed by atoms with Crippen LogP contribution in [0, 0.1) is 12.3 Å². The number of hydrogen-bond acceptors (Lipinski definition) is 1. The van der Waals surface area contributed by atoms with E-state index in [1.165, 1.54) is 11.1 Å². The van der Waals surface area contributed by atoms with Gasteiger partial charge in [-0.3, -0.25) is 4.79 Å². The molecule has 0 aliphatic carbocycles.